The number of rotatable bonds is 5. The predicted molar refractivity (Wildman–Crippen MR) is 105 cm³/mol. The maximum absolute atomic E-state index is 12.9. The summed E-state index contributed by atoms with van der Waals surface area (Å²) in [5.74, 6) is -1.12. The number of benzene rings is 1. The lowest BCUT2D eigenvalue weighted by Crippen LogP contribution is -2.30. The van der Waals surface area contributed by atoms with Crippen LogP contribution in [0.15, 0.2) is 36.7 Å². The second-order valence-corrected chi connectivity index (χ2v) is 7.49. The van der Waals surface area contributed by atoms with Gasteiger partial charge < -0.3 is 10.0 Å². The van der Waals surface area contributed by atoms with Crippen molar-refractivity contribution in [1.82, 2.24) is 24.5 Å². The van der Waals surface area contributed by atoms with Crippen molar-refractivity contribution in [2.24, 2.45) is 5.92 Å². The van der Waals surface area contributed by atoms with Crippen molar-refractivity contribution in [3.8, 4) is 0 Å². The average molecular weight is 393 g/mol. The zero-order chi connectivity index (χ0) is 20.5. The number of hydrogen-bond donors (Lipinski definition) is 1. The van der Waals surface area contributed by atoms with Gasteiger partial charge in [0, 0.05) is 36.8 Å². The molecule has 1 N–H and O–H groups in total. The van der Waals surface area contributed by atoms with Crippen LogP contribution in [-0.4, -0.2) is 54.6 Å². The number of aliphatic carboxylic acids is 1. The summed E-state index contributed by atoms with van der Waals surface area (Å²) >= 11 is 0. The van der Waals surface area contributed by atoms with Crippen LogP contribution in [0.3, 0.4) is 0 Å². The van der Waals surface area contributed by atoms with E-state index in [0.29, 0.717) is 25.2 Å². The van der Waals surface area contributed by atoms with Crippen molar-refractivity contribution in [3.63, 3.8) is 0 Å². The number of amides is 1. The molecule has 4 rings (SSSR count). The minimum absolute atomic E-state index is 0.0350. The number of likely N-dealkylation sites (tertiary alicyclic amines) is 1. The number of fused-ring (bicyclic) bond motifs is 1. The first-order chi connectivity index (χ1) is 14.0. The van der Waals surface area contributed by atoms with E-state index in [1.165, 1.54) is 6.33 Å². The van der Waals surface area contributed by atoms with Gasteiger partial charge in [0.05, 0.1) is 5.92 Å². The predicted octanol–water partition coefficient (Wildman–Crippen LogP) is 2.00. The van der Waals surface area contributed by atoms with Crippen molar-refractivity contribution in [3.05, 3.63) is 59.2 Å². The minimum atomic E-state index is -0.860. The number of aromatic nitrogens is 4. The highest BCUT2D eigenvalue weighted by atomic mass is 16.4. The molecule has 29 heavy (non-hydrogen) atoms. The van der Waals surface area contributed by atoms with Crippen LogP contribution in [0.25, 0.3) is 5.78 Å². The van der Waals surface area contributed by atoms with Crippen LogP contribution >= 0.6 is 0 Å². The summed E-state index contributed by atoms with van der Waals surface area (Å²) in [5, 5.41) is 13.8. The molecule has 1 fully saturated rings. The monoisotopic (exact) mass is 393 g/mol. The van der Waals surface area contributed by atoms with E-state index in [1.807, 2.05) is 44.2 Å². The Labute approximate surface area is 168 Å². The summed E-state index contributed by atoms with van der Waals surface area (Å²) in [6.07, 6.45) is 2.30. The summed E-state index contributed by atoms with van der Waals surface area (Å²) in [6.45, 7) is 4.52. The molecule has 3 heterocycles. The Morgan fingerprint density at radius 2 is 1.93 bits per heavy atom. The van der Waals surface area contributed by atoms with E-state index < -0.39 is 11.9 Å². The van der Waals surface area contributed by atoms with E-state index in [0.717, 1.165) is 22.5 Å². The smallest absolute Gasteiger partial charge is 0.308 e. The van der Waals surface area contributed by atoms with E-state index in [2.05, 4.69) is 15.1 Å². The molecule has 150 valence electrons. The van der Waals surface area contributed by atoms with Crippen LogP contribution in [0, 0.1) is 19.8 Å². The summed E-state index contributed by atoms with van der Waals surface area (Å²) in [6, 6.07) is 9.57. The molecule has 1 aliphatic rings. The highest BCUT2D eigenvalue weighted by Gasteiger charge is 2.40. The lowest BCUT2D eigenvalue weighted by atomic mass is 9.89. The van der Waals surface area contributed by atoms with Crippen LogP contribution in [-0.2, 0) is 16.0 Å². The Kier molecular flexibility index (Phi) is 5.00. The van der Waals surface area contributed by atoms with Gasteiger partial charge in [0.2, 0.25) is 5.91 Å². The molecular weight excluding hydrogens is 370 g/mol. The highest BCUT2D eigenvalue weighted by molar-refractivity contribution is 5.80. The Bertz CT molecular complexity index is 1060. The maximum Gasteiger partial charge on any atom is 0.308 e. The van der Waals surface area contributed by atoms with Crippen LogP contribution in [0.2, 0.25) is 0 Å². The largest absolute Gasteiger partial charge is 0.481 e. The van der Waals surface area contributed by atoms with Gasteiger partial charge >= 0.3 is 5.97 Å². The van der Waals surface area contributed by atoms with Crippen LogP contribution < -0.4 is 0 Å². The zero-order valence-corrected chi connectivity index (χ0v) is 16.4. The standard InChI is InChI=1S/C21H23N5O3/c1-13-16(14(2)26-21(24-13)22-12-23-26)8-9-19(27)25-10-17(18(11-25)20(28)29)15-6-4-3-5-7-15/h3-7,12,17-18H,8-11H2,1-2H3,(H,28,29). The lowest BCUT2D eigenvalue weighted by molar-refractivity contribution is -0.141. The van der Waals surface area contributed by atoms with Gasteiger partial charge in [-0.25, -0.2) is 9.50 Å². The first kappa shape index (κ1) is 19.0. The molecule has 2 aromatic heterocycles. The number of hydrogen-bond acceptors (Lipinski definition) is 5. The fraction of sp³-hybridized carbons (Fsp3) is 0.381. The minimum Gasteiger partial charge on any atom is -0.481 e. The second-order valence-electron chi connectivity index (χ2n) is 7.49. The van der Waals surface area contributed by atoms with Crippen molar-refractivity contribution >= 4 is 17.7 Å². The Morgan fingerprint density at radius 1 is 1.17 bits per heavy atom. The summed E-state index contributed by atoms with van der Waals surface area (Å²) in [5.41, 5.74) is 3.69. The van der Waals surface area contributed by atoms with Crippen LogP contribution in [0.5, 0.6) is 0 Å². The van der Waals surface area contributed by atoms with Gasteiger partial charge in [0.25, 0.3) is 5.78 Å². The Hall–Kier alpha value is -3.29. The third kappa shape index (κ3) is 3.57. The molecule has 2 atom stereocenters. The number of nitrogens with zero attached hydrogens (tertiary/aromatic N) is 5. The van der Waals surface area contributed by atoms with Gasteiger partial charge in [0.1, 0.15) is 6.33 Å². The Balaban J connectivity index is 1.49. The second kappa shape index (κ2) is 7.62. The summed E-state index contributed by atoms with van der Waals surface area (Å²) in [7, 11) is 0. The van der Waals surface area contributed by atoms with Crippen molar-refractivity contribution in [1.29, 1.82) is 0 Å². The number of carboxylic acids is 1. The maximum atomic E-state index is 12.9. The number of carboxylic acid groups (broad SMARTS) is 1. The first-order valence-electron chi connectivity index (χ1n) is 9.67. The molecule has 0 aliphatic carbocycles. The molecule has 1 amide bonds. The topological polar surface area (TPSA) is 101 Å². The van der Waals surface area contributed by atoms with E-state index in [-0.39, 0.29) is 18.4 Å². The number of carbonyl (C=O) groups is 2. The number of aryl methyl sites for hydroxylation is 2. The fourth-order valence-electron chi connectivity index (χ4n) is 4.20. The molecule has 1 saturated heterocycles. The average Bonchev–Trinajstić information content (AvgIpc) is 3.35. The van der Waals surface area contributed by atoms with E-state index in [1.54, 1.807) is 9.42 Å². The first-order valence-corrected chi connectivity index (χ1v) is 9.67. The molecule has 8 nitrogen and oxygen atoms in total. The van der Waals surface area contributed by atoms with Crippen LogP contribution in [0.4, 0.5) is 0 Å². The quantitative estimate of drug-likeness (QED) is 0.712. The van der Waals surface area contributed by atoms with Gasteiger partial charge in [-0.15, -0.1) is 0 Å². The van der Waals surface area contributed by atoms with Crippen molar-refractivity contribution in [2.75, 3.05) is 13.1 Å². The molecule has 0 spiro atoms. The number of carbonyl (C=O) groups excluding carboxylic acids is 1. The molecule has 0 radical (unpaired) electrons. The molecule has 2 unspecified atom stereocenters. The SMILES string of the molecule is Cc1nc2ncnn2c(C)c1CCC(=O)N1CC(C(=O)O)C(c2ccccc2)C1. The lowest BCUT2D eigenvalue weighted by Gasteiger charge is -2.17. The third-order valence-corrected chi connectivity index (χ3v) is 5.80. The Morgan fingerprint density at radius 3 is 2.66 bits per heavy atom. The molecule has 1 aliphatic heterocycles. The van der Waals surface area contributed by atoms with Gasteiger partial charge in [-0.1, -0.05) is 30.3 Å². The molecule has 1 aromatic carbocycles. The normalized spacial score (nSPS) is 19.0. The molecule has 0 bridgehead atoms. The molecular formula is C21H23N5O3. The summed E-state index contributed by atoms with van der Waals surface area (Å²) < 4.78 is 1.68. The molecule has 3 aromatic rings. The van der Waals surface area contributed by atoms with E-state index >= 15 is 0 Å². The van der Waals surface area contributed by atoms with E-state index in [9.17, 15) is 14.7 Å². The highest BCUT2D eigenvalue weighted by Crippen LogP contribution is 2.33. The van der Waals surface area contributed by atoms with Gasteiger partial charge in [-0.05, 0) is 31.4 Å². The fourth-order valence-corrected chi connectivity index (χ4v) is 4.20. The van der Waals surface area contributed by atoms with Crippen molar-refractivity contribution in [2.45, 2.75) is 32.6 Å². The van der Waals surface area contributed by atoms with Gasteiger partial charge in [0.15, 0.2) is 0 Å². The summed E-state index contributed by atoms with van der Waals surface area (Å²) in [4.78, 5) is 34.9. The van der Waals surface area contributed by atoms with Crippen molar-refractivity contribution < 1.29 is 14.7 Å². The molecule has 8 heteroatoms. The van der Waals surface area contributed by atoms with Crippen LogP contribution in [0.1, 0.15) is 34.9 Å². The van der Waals surface area contributed by atoms with Gasteiger partial charge in [-0.3, -0.25) is 9.59 Å². The van der Waals surface area contributed by atoms with Gasteiger partial charge in [-0.2, -0.15) is 10.1 Å². The molecule has 0 saturated carbocycles. The zero-order valence-electron chi connectivity index (χ0n) is 16.4. The van der Waals surface area contributed by atoms with E-state index in [4.69, 9.17) is 0 Å². The third-order valence-electron chi connectivity index (χ3n) is 5.80.